The number of rotatable bonds is 3. The summed E-state index contributed by atoms with van der Waals surface area (Å²) in [4.78, 5) is 16.0. The van der Waals surface area contributed by atoms with Gasteiger partial charge in [0.25, 0.3) is 0 Å². The summed E-state index contributed by atoms with van der Waals surface area (Å²) in [7, 11) is 0. The average Bonchev–Trinajstić information content (AvgIpc) is 2.33. The van der Waals surface area contributed by atoms with Crippen molar-refractivity contribution in [2.75, 3.05) is 18.8 Å². The van der Waals surface area contributed by atoms with Crippen molar-refractivity contribution >= 4 is 11.6 Å². The molecule has 1 aromatic rings. The second-order valence-electron chi connectivity index (χ2n) is 4.23. The zero-order valence-corrected chi connectivity index (χ0v) is 9.28. The lowest BCUT2D eigenvalue weighted by atomic mass is 9.91. The Morgan fingerprint density at radius 2 is 2.50 bits per heavy atom. The number of Topliss-reactive ketones (excluding diaryl/α,β-unsaturated/α-hetero) is 1. The molecule has 0 bridgehead atoms. The summed E-state index contributed by atoms with van der Waals surface area (Å²) in [6.45, 7) is 1.83. The first-order valence-corrected chi connectivity index (χ1v) is 5.70. The standard InChI is InChI=1S/C12H17N3O/c13-12-9(3-2-6-15-12)7-11(16)10-4-1-5-14-8-10/h2-3,6,10,14H,1,4-5,7-8H2,(H2,13,15). The Kier molecular flexibility index (Phi) is 3.51. The molecule has 86 valence electrons. The number of ketones is 1. The zero-order chi connectivity index (χ0) is 11.4. The summed E-state index contributed by atoms with van der Waals surface area (Å²) in [6.07, 6.45) is 4.13. The number of nitrogens with one attached hydrogen (secondary N) is 1. The van der Waals surface area contributed by atoms with Crippen LogP contribution in [0.5, 0.6) is 0 Å². The van der Waals surface area contributed by atoms with Crippen LogP contribution in [0, 0.1) is 5.92 Å². The Morgan fingerprint density at radius 3 is 3.19 bits per heavy atom. The van der Waals surface area contributed by atoms with Crippen molar-refractivity contribution in [3.8, 4) is 0 Å². The molecular weight excluding hydrogens is 202 g/mol. The smallest absolute Gasteiger partial charge is 0.141 e. The van der Waals surface area contributed by atoms with E-state index in [4.69, 9.17) is 5.73 Å². The number of nitrogen functional groups attached to an aromatic ring is 1. The predicted molar refractivity (Wildman–Crippen MR) is 63.0 cm³/mol. The van der Waals surface area contributed by atoms with Crippen molar-refractivity contribution in [2.45, 2.75) is 19.3 Å². The third-order valence-corrected chi connectivity index (χ3v) is 3.04. The molecule has 1 aliphatic rings. The molecule has 0 radical (unpaired) electrons. The van der Waals surface area contributed by atoms with Gasteiger partial charge in [-0.25, -0.2) is 4.98 Å². The van der Waals surface area contributed by atoms with Crippen LogP contribution in [0.3, 0.4) is 0 Å². The van der Waals surface area contributed by atoms with Crippen LogP contribution in [-0.4, -0.2) is 23.9 Å². The summed E-state index contributed by atoms with van der Waals surface area (Å²) < 4.78 is 0. The first-order chi connectivity index (χ1) is 7.77. The molecule has 4 heteroatoms. The van der Waals surface area contributed by atoms with Gasteiger partial charge in [-0.1, -0.05) is 6.07 Å². The predicted octanol–water partition coefficient (Wildman–Crippen LogP) is 0.775. The van der Waals surface area contributed by atoms with Gasteiger partial charge in [-0.15, -0.1) is 0 Å². The summed E-state index contributed by atoms with van der Waals surface area (Å²) in [5.41, 5.74) is 6.56. The molecule has 0 amide bonds. The highest BCUT2D eigenvalue weighted by atomic mass is 16.1. The van der Waals surface area contributed by atoms with Crippen LogP contribution in [-0.2, 0) is 11.2 Å². The molecule has 1 saturated heterocycles. The van der Waals surface area contributed by atoms with E-state index >= 15 is 0 Å². The van der Waals surface area contributed by atoms with E-state index < -0.39 is 0 Å². The number of carbonyl (C=O) groups excluding carboxylic acids is 1. The fourth-order valence-corrected chi connectivity index (χ4v) is 2.06. The number of hydrogen-bond donors (Lipinski definition) is 2. The zero-order valence-electron chi connectivity index (χ0n) is 9.28. The third-order valence-electron chi connectivity index (χ3n) is 3.04. The SMILES string of the molecule is Nc1ncccc1CC(=O)C1CCCNC1. The van der Waals surface area contributed by atoms with Crippen molar-refractivity contribution in [1.82, 2.24) is 10.3 Å². The minimum Gasteiger partial charge on any atom is -0.383 e. The van der Waals surface area contributed by atoms with Gasteiger partial charge in [-0.05, 0) is 25.5 Å². The molecule has 1 aliphatic heterocycles. The molecule has 4 nitrogen and oxygen atoms in total. The highest BCUT2D eigenvalue weighted by molar-refractivity contribution is 5.84. The molecule has 2 heterocycles. The van der Waals surface area contributed by atoms with Gasteiger partial charge in [0.1, 0.15) is 11.6 Å². The van der Waals surface area contributed by atoms with Gasteiger partial charge >= 0.3 is 0 Å². The third kappa shape index (κ3) is 2.58. The van der Waals surface area contributed by atoms with Crippen LogP contribution in [0.25, 0.3) is 0 Å². The quantitative estimate of drug-likeness (QED) is 0.788. The largest absolute Gasteiger partial charge is 0.383 e. The van der Waals surface area contributed by atoms with Crippen LogP contribution < -0.4 is 11.1 Å². The molecule has 0 saturated carbocycles. The van der Waals surface area contributed by atoms with Crippen molar-refractivity contribution in [1.29, 1.82) is 0 Å². The molecule has 0 aromatic carbocycles. The monoisotopic (exact) mass is 219 g/mol. The lowest BCUT2D eigenvalue weighted by Crippen LogP contribution is -2.35. The number of hydrogen-bond acceptors (Lipinski definition) is 4. The second kappa shape index (κ2) is 5.07. The summed E-state index contributed by atoms with van der Waals surface area (Å²) >= 11 is 0. The van der Waals surface area contributed by atoms with E-state index in [1.165, 1.54) is 0 Å². The molecule has 0 aliphatic carbocycles. The minimum atomic E-state index is 0.147. The topological polar surface area (TPSA) is 68.0 Å². The maximum absolute atomic E-state index is 12.0. The number of carbonyl (C=O) groups is 1. The van der Waals surface area contributed by atoms with E-state index in [0.717, 1.165) is 31.5 Å². The fraction of sp³-hybridized carbons (Fsp3) is 0.500. The molecule has 16 heavy (non-hydrogen) atoms. The highest BCUT2D eigenvalue weighted by Crippen LogP contribution is 2.16. The van der Waals surface area contributed by atoms with Gasteiger partial charge in [-0.2, -0.15) is 0 Å². The van der Waals surface area contributed by atoms with E-state index in [-0.39, 0.29) is 11.7 Å². The number of nitrogens with zero attached hydrogens (tertiary/aromatic N) is 1. The number of nitrogens with two attached hydrogens (primary N) is 1. The summed E-state index contributed by atoms with van der Waals surface area (Å²) in [6, 6.07) is 3.69. The molecule has 1 aromatic heterocycles. The Balaban J connectivity index is 1.99. The molecule has 1 fully saturated rings. The highest BCUT2D eigenvalue weighted by Gasteiger charge is 2.21. The van der Waals surface area contributed by atoms with Gasteiger partial charge in [0.2, 0.25) is 0 Å². The Labute approximate surface area is 95.3 Å². The Hall–Kier alpha value is -1.42. The lowest BCUT2D eigenvalue weighted by Gasteiger charge is -2.21. The lowest BCUT2D eigenvalue weighted by molar-refractivity contribution is -0.122. The number of piperidine rings is 1. The van der Waals surface area contributed by atoms with E-state index in [2.05, 4.69) is 10.3 Å². The average molecular weight is 219 g/mol. The fourth-order valence-electron chi connectivity index (χ4n) is 2.06. The maximum atomic E-state index is 12.0. The minimum absolute atomic E-state index is 0.147. The Bertz CT molecular complexity index is 372. The van der Waals surface area contributed by atoms with E-state index in [1.54, 1.807) is 6.20 Å². The molecule has 1 unspecified atom stereocenters. The van der Waals surface area contributed by atoms with Crippen molar-refractivity contribution in [3.05, 3.63) is 23.9 Å². The van der Waals surface area contributed by atoms with E-state index in [9.17, 15) is 4.79 Å². The van der Waals surface area contributed by atoms with Gasteiger partial charge in [0, 0.05) is 30.6 Å². The first-order valence-electron chi connectivity index (χ1n) is 5.70. The van der Waals surface area contributed by atoms with Crippen LogP contribution in [0.4, 0.5) is 5.82 Å². The normalized spacial score (nSPS) is 20.6. The molecular formula is C12H17N3O. The van der Waals surface area contributed by atoms with Crippen LogP contribution >= 0.6 is 0 Å². The second-order valence-corrected chi connectivity index (χ2v) is 4.23. The van der Waals surface area contributed by atoms with Crippen molar-refractivity contribution in [3.63, 3.8) is 0 Å². The van der Waals surface area contributed by atoms with Crippen LogP contribution in [0.15, 0.2) is 18.3 Å². The van der Waals surface area contributed by atoms with Gasteiger partial charge in [0.15, 0.2) is 0 Å². The first kappa shape index (κ1) is 11.1. The maximum Gasteiger partial charge on any atom is 0.141 e. The van der Waals surface area contributed by atoms with Crippen LogP contribution in [0.2, 0.25) is 0 Å². The van der Waals surface area contributed by atoms with Crippen molar-refractivity contribution < 1.29 is 4.79 Å². The van der Waals surface area contributed by atoms with Gasteiger partial charge in [0.05, 0.1) is 0 Å². The molecule has 1 atom stereocenters. The Morgan fingerprint density at radius 1 is 1.62 bits per heavy atom. The number of pyridine rings is 1. The summed E-state index contributed by atoms with van der Waals surface area (Å²) in [5, 5.41) is 3.25. The molecule has 2 rings (SSSR count). The number of anilines is 1. The molecule has 3 N–H and O–H groups in total. The van der Waals surface area contributed by atoms with Crippen LogP contribution in [0.1, 0.15) is 18.4 Å². The summed E-state index contributed by atoms with van der Waals surface area (Å²) in [5.74, 6) is 0.889. The van der Waals surface area contributed by atoms with E-state index in [1.807, 2.05) is 12.1 Å². The van der Waals surface area contributed by atoms with E-state index in [0.29, 0.717) is 12.2 Å². The van der Waals surface area contributed by atoms with Gasteiger partial charge in [-0.3, -0.25) is 4.79 Å². The van der Waals surface area contributed by atoms with Crippen molar-refractivity contribution in [2.24, 2.45) is 5.92 Å². The number of aromatic nitrogens is 1. The van der Waals surface area contributed by atoms with Gasteiger partial charge < -0.3 is 11.1 Å². The molecule has 0 spiro atoms.